The minimum absolute atomic E-state index is 0.00564. The van der Waals surface area contributed by atoms with Gasteiger partial charge < -0.3 is 20.1 Å². The lowest BCUT2D eigenvalue weighted by Crippen LogP contribution is -2.27. The molecule has 1 rings (SSSR count). The minimum atomic E-state index is -1.14. The molecule has 0 saturated heterocycles. The van der Waals surface area contributed by atoms with Gasteiger partial charge in [0.2, 0.25) is 0 Å². The van der Waals surface area contributed by atoms with E-state index in [9.17, 15) is 24.0 Å². The average Bonchev–Trinajstić information content (AvgIpc) is 2.58. The molecule has 0 aliphatic heterocycles. The Morgan fingerprint density at radius 2 is 1.27 bits per heavy atom. The van der Waals surface area contributed by atoms with Crippen molar-refractivity contribution < 1.29 is 33.4 Å². The van der Waals surface area contributed by atoms with Crippen LogP contribution in [0.1, 0.15) is 31.1 Å². The number of Topliss-reactive ketones (excluding diaryl/α,β-unsaturated/α-hetero) is 1. The van der Waals surface area contributed by atoms with Crippen molar-refractivity contribution in [3.05, 3.63) is 22.7 Å². The van der Waals surface area contributed by atoms with E-state index in [0.717, 1.165) is 0 Å². The Bertz CT molecular complexity index is 708. The van der Waals surface area contributed by atoms with Crippen molar-refractivity contribution >= 4 is 52.5 Å². The summed E-state index contributed by atoms with van der Waals surface area (Å²) in [5.41, 5.74) is -0.152. The molecule has 0 atom stereocenters. The number of ketones is 1. The van der Waals surface area contributed by atoms with Crippen LogP contribution in [0.15, 0.2) is 12.1 Å². The number of anilines is 2. The molecular weight excluding hydrogens is 368 g/mol. The van der Waals surface area contributed by atoms with E-state index in [2.05, 4.69) is 20.1 Å². The van der Waals surface area contributed by atoms with Gasteiger partial charge in [0.1, 0.15) is 0 Å². The van der Waals surface area contributed by atoms with Crippen LogP contribution < -0.4 is 10.6 Å². The summed E-state index contributed by atoms with van der Waals surface area (Å²) in [6.07, 6.45) is 0. The van der Waals surface area contributed by atoms with Crippen molar-refractivity contribution in [1.82, 2.24) is 0 Å². The summed E-state index contributed by atoms with van der Waals surface area (Å²) >= 11 is 6.09. The SMILES string of the molecule is CCOC(=O)C(=O)Nc1cc(C(C)=O)cc(NC(=O)C(=O)OCC)c1Cl. The van der Waals surface area contributed by atoms with Crippen molar-refractivity contribution in [1.29, 1.82) is 0 Å². The first kappa shape index (κ1) is 21.1. The van der Waals surface area contributed by atoms with E-state index in [4.69, 9.17) is 11.6 Å². The third kappa shape index (κ3) is 5.55. The summed E-state index contributed by atoms with van der Waals surface area (Å²) in [5.74, 6) is -4.92. The van der Waals surface area contributed by atoms with Crippen molar-refractivity contribution in [3.63, 3.8) is 0 Å². The second-order valence-electron chi connectivity index (χ2n) is 4.79. The minimum Gasteiger partial charge on any atom is -0.459 e. The van der Waals surface area contributed by atoms with Gasteiger partial charge in [0.25, 0.3) is 0 Å². The summed E-state index contributed by atoms with van der Waals surface area (Å²) in [6, 6.07) is 2.45. The van der Waals surface area contributed by atoms with E-state index in [1.54, 1.807) is 0 Å². The van der Waals surface area contributed by atoms with Gasteiger partial charge in [-0.2, -0.15) is 0 Å². The van der Waals surface area contributed by atoms with Crippen LogP contribution in [0.25, 0.3) is 0 Å². The molecule has 0 aliphatic rings. The topological polar surface area (TPSA) is 128 Å². The Morgan fingerprint density at radius 3 is 1.58 bits per heavy atom. The Kier molecular flexibility index (Phi) is 7.73. The lowest BCUT2D eigenvalue weighted by atomic mass is 10.1. The summed E-state index contributed by atoms with van der Waals surface area (Å²) in [6.45, 7) is 4.29. The van der Waals surface area contributed by atoms with Crippen LogP contribution >= 0.6 is 11.6 Å². The molecule has 1 aromatic rings. The largest absolute Gasteiger partial charge is 0.459 e. The molecule has 0 aliphatic carbocycles. The maximum absolute atomic E-state index is 11.8. The smallest absolute Gasteiger partial charge is 0.397 e. The Labute approximate surface area is 154 Å². The average molecular weight is 385 g/mol. The van der Waals surface area contributed by atoms with E-state index in [1.165, 1.54) is 32.9 Å². The fraction of sp³-hybridized carbons (Fsp3) is 0.312. The van der Waals surface area contributed by atoms with Crippen molar-refractivity contribution in [3.8, 4) is 0 Å². The summed E-state index contributed by atoms with van der Waals surface area (Å²) in [5, 5.41) is 4.20. The maximum atomic E-state index is 11.8. The number of amides is 2. The first-order valence-corrected chi connectivity index (χ1v) is 7.89. The molecule has 0 aromatic heterocycles. The number of hydrogen-bond acceptors (Lipinski definition) is 7. The highest BCUT2D eigenvalue weighted by molar-refractivity contribution is 6.43. The Hall–Kier alpha value is -2.94. The lowest BCUT2D eigenvalue weighted by Gasteiger charge is -2.13. The van der Waals surface area contributed by atoms with Gasteiger partial charge in [-0.05, 0) is 32.9 Å². The van der Waals surface area contributed by atoms with Crippen LogP contribution in [-0.2, 0) is 28.7 Å². The van der Waals surface area contributed by atoms with Crippen LogP contribution in [0.2, 0.25) is 5.02 Å². The van der Waals surface area contributed by atoms with Crippen molar-refractivity contribution in [2.24, 2.45) is 0 Å². The fourth-order valence-corrected chi connectivity index (χ4v) is 1.95. The Balaban J connectivity index is 3.19. The summed E-state index contributed by atoms with van der Waals surface area (Å²) in [7, 11) is 0. The number of esters is 2. The number of nitrogens with one attached hydrogen (secondary N) is 2. The van der Waals surface area contributed by atoms with Gasteiger partial charge in [-0.3, -0.25) is 14.4 Å². The highest BCUT2D eigenvalue weighted by atomic mass is 35.5. The van der Waals surface area contributed by atoms with Gasteiger partial charge in [-0.25, -0.2) is 9.59 Å². The first-order chi connectivity index (χ1) is 12.2. The zero-order chi connectivity index (χ0) is 19.9. The van der Waals surface area contributed by atoms with Gasteiger partial charge in [0, 0.05) is 5.56 Å². The van der Waals surface area contributed by atoms with Crippen LogP contribution in [0.3, 0.4) is 0 Å². The number of hydrogen-bond donors (Lipinski definition) is 2. The van der Waals surface area contributed by atoms with Crippen LogP contribution in [0.4, 0.5) is 11.4 Å². The molecule has 26 heavy (non-hydrogen) atoms. The second kappa shape index (κ2) is 9.52. The lowest BCUT2D eigenvalue weighted by molar-refractivity contribution is -0.152. The van der Waals surface area contributed by atoms with E-state index >= 15 is 0 Å². The highest BCUT2D eigenvalue weighted by Crippen LogP contribution is 2.32. The monoisotopic (exact) mass is 384 g/mol. The van der Waals surface area contributed by atoms with Gasteiger partial charge >= 0.3 is 23.8 Å². The predicted molar refractivity (Wildman–Crippen MR) is 92.0 cm³/mol. The molecule has 0 spiro atoms. The number of ether oxygens (including phenoxy) is 2. The normalized spacial score (nSPS) is 9.85. The number of carbonyl (C=O) groups is 5. The van der Waals surface area contributed by atoms with E-state index in [1.807, 2.05) is 0 Å². The maximum Gasteiger partial charge on any atom is 0.397 e. The van der Waals surface area contributed by atoms with Crippen LogP contribution in [0.5, 0.6) is 0 Å². The quantitative estimate of drug-likeness (QED) is 0.447. The molecule has 9 nitrogen and oxygen atoms in total. The van der Waals surface area contributed by atoms with Gasteiger partial charge in [0.05, 0.1) is 29.6 Å². The van der Waals surface area contributed by atoms with E-state index in [-0.39, 0.29) is 35.2 Å². The van der Waals surface area contributed by atoms with Gasteiger partial charge in [-0.1, -0.05) is 11.6 Å². The molecule has 0 bridgehead atoms. The molecule has 0 unspecified atom stereocenters. The third-order valence-corrected chi connectivity index (χ3v) is 3.30. The van der Waals surface area contributed by atoms with Gasteiger partial charge in [-0.15, -0.1) is 0 Å². The van der Waals surface area contributed by atoms with Crippen molar-refractivity contribution in [2.45, 2.75) is 20.8 Å². The molecule has 2 amide bonds. The zero-order valence-corrected chi connectivity index (χ0v) is 15.1. The van der Waals surface area contributed by atoms with Gasteiger partial charge in [0.15, 0.2) is 5.78 Å². The number of benzene rings is 1. The predicted octanol–water partition coefficient (Wildman–Crippen LogP) is 1.55. The van der Waals surface area contributed by atoms with E-state index < -0.39 is 29.5 Å². The zero-order valence-electron chi connectivity index (χ0n) is 14.3. The number of rotatable bonds is 5. The molecule has 0 fully saturated rings. The number of halogens is 1. The molecule has 1 aromatic carbocycles. The van der Waals surface area contributed by atoms with Crippen LogP contribution in [0, 0.1) is 0 Å². The molecule has 0 heterocycles. The summed E-state index contributed by atoms with van der Waals surface area (Å²) < 4.78 is 9.11. The van der Waals surface area contributed by atoms with E-state index in [0.29, 0.717) is 0 Å². The molecule has 0 saturated carbocycles. The summed E-state index contributed by atoms with van der Waals surface area (Å²) in [4.78, 5) is 58.1. The Morgan fingerprint density at radius 1 is 0.885 bits per heavy atom. The van der Waals surface area contributed by atoms with Crippen molar-refractivity contribution in [2.75, 3.05) is 23.8 Å². The van der Waals surface area contributed by atoms with Crippen LogP contribution in [-0.4, -0.2) is 42.7 Å². The highest BCUT2D eigenvalue weighted by Gasteiger charge is 2.22. The standard InChI is InChI=1S/C16H17ClN2O7/c1-4-25-15(23)13(21)18-10-6-9(8(3)20)7-11(12(10)17)19-14(22)16(24)26-5-2/h6-7H,4-5H2,1-3H3,(H,18,21)(H,19,22). The molecule has 10 heteroatoms. The molecule has 140 valence electrons. The third-order valence-electron chi connectivity index (χ3n) is 2.90. The molecular formula is C16H17ClN2O7. The molecule has 2 N–H and O–H groups in total. The molecule has 0 radical (unpaired) electrons. The fourth-order valence-electron chi connectivity index (χ4n) is 1.75. The second-order valence-corrected chi connectivity index (χ2v) is 5.17. The number of carbonyl (C=O) groups excluding carboxylic acids is 5. The first-order valence-electron chi connectivity index (χ1n) is 7.51.